The fourth-order valence-corrected chi connectivity index (χ4v) is 1.68. The number of piperazine rings is 1. The molecule has 0 bridgehead atoms. The zero-order valence-corrected chi connectivity index (χ0v) is 11.0. The molecule has 1 aromatic heterocycles. The summed E-state index contributed by atoms with van der Waals surface area (Å²) in [5.41, 5.74) is 0. The Morgan fingerprint density at radius 1 is 1.32 bits per heavy atom. The number of amides is 2. The summed E-state index contributed by atoms with van der Waals surface area (Å²) in [6.07, 6.45) is 0. The van der Waals surface area contributed by atoms with E-state index in [9.17, 15) is 9.59 Å². The largest absolute Gasteiger partial charge is 0.407 e. The maximum atomic E-state index is 11.2. The number of imide groups is 1. The van der Waals surface area contributed by atoms with Crippen LogP contribution >= 0.6 is 0 Å². The third-order valence-electron chi connectivity index (χ3n) is 2.50. The molecule has 2 amide bonds. The first-order chi connectivity index (χ1) is 9.04. The van der Waals surface area contributed by atoms with E-state index in [4.69, 9.17) is 4.42 Å². The van der Waals surface area contributed by atoms with Gasteiger partial charge in [0.15, 0.2) is 0 Å². The average Bonchev–Trinajstić information content (AvgIpc) is 2.76. The maximum absolute atomic E-state index is 11.2. The Kier molecular flexibility index (Phi) is 4.10. The van der Waals surface area contributed by atoms with E-state index in [0.717, 1.165) is 6.54 Å². The van der Waals surface area contributed by atoms with Crippen LogP contribution in [0.3, 0.4) is 0 Å². The van der Waals surface area contributed by atoms with Crippen molar-refractivity contribution >= 4 is 17.8 Å². The van der Waals surface area contributed by atoms with Crippen molar-refractivity contribution in [1.29, 1.82) is 0 Å². The Morgan fingerprint density at radius 3 is 2.63 bits per heavy atom. The molecule has 2 N–H and O–H groups in total. The van der Waals surface area contributed by atoms with Gasteiger partial charge in [0.1, 0.15) is 13.1 Å². The lowest BCUT2D eigenvalue weighted by molar-refractivity contribution is -0.130. The molecule has 0 aromatic carbocycles. The summed E-state index contributed by atoms with van der Waals surface area (Å²) in [5.74, 6) is 0.239. The summed E-state index contributed by atoms with van der Waals surface area (Å²) in [6, 6.07) is 0.199. The van der Waals surface area contributed by atoms with Gasteiger partial charge in [0.05, 0.1) is 6.54 Å². The van der Waals surface area contributed by atoms with Gasteiger partial charge in [-0.05, 0) is 12.5 Å². The van der Waals surface area contributed by atoms with Crippen molar-refractivity contribution in [1.82, 2.24) is 20.8 Å². The molecule has 19 heavy (non-hydrogen) atoms. The van der Waals surface area contributed by atoms with Crippen molar-refractivity contribution in [3.8, 4) is 0 Å². The van der Waals surface area contributed by atoms with E-state index in [2.05, 4.69) is 34.7 Å². The van der Waals surface area contributed by atoms with Gasteiger partial charge in [-0.2, -0.15) is 0 Å². The summed E-state index contributed by atoms with van der Waals surface area (Å²) in [7, 11) is 0. The maximum Gasteiger partial charge on any atom is 0.319 e. The second-order valence-corrected chi connectivity index (χ2v) is 4.83. The van der Waals surface area contributed by atoms with Crippen molar-refractivity contribution in [2.45, 2.75) is 20.4 Å². The van der Waals surface area contributed by atoms with Crippen LogP contribution in [0.4, 0.5) is 6.01 Å². The van der Waals surface area contributed by atoms with Gasteiger partial charge in [-0.25, -0.2) is 0 Å². The number of aromatic nitrogens is 2. The van der Waals surface area contributed by atoms with Crippen LogP contribution in [0.25, 0.3) is 0 Å². The van der Waals surface area contributed by atoms with Crippen LogP contribution < -0.4 is 15.5 Å². The number of nitrogens with one attached hydrogen (secondary N) is 2. The van der Waals surface area contributed by atoms with E-state index in [1.54, 1.807) is 0 Å². The highest BCUT2D eigenvalue weighted by molar-refractivity contribution is 6.02. The normalized spacial score (nSPS) is 16.1. The van der Waals surface area contributed by atoms with E-state index in [1.807, 2.05) is 0 Å². The third-order valence-corrected chi connectivity index (χ3v) is 2.50. The second kappa shape index (κ2) is 5.79. The lowest BCUT2D eigenvalue weighted by atomic mass is 10.2. The molecule has 0 spiro atoms. The molecule has 1 saturated heterocycles. The molecule has 8 nitrogen and oxygen atoms in total. The Hall–Kier alpha value is -1.96. The van der Waals surface area contributed by atoms with Crippen LogP contribution in [0, 0.1) is 5.92 Å². The summed E-state index contributed by atoms with van der Waals surface area (Å²) in [4.78, 5) is 23.9. The average molecular weight is 267 g/mol. The Bertz CT molecular complexity index is 455. The fraction of sp³-hybridized carbons (Fsp3) is 0.636. The van der Waals surface area contributed by atoms with Gasteiger partial charge in [-0.15, -0.1) is 5.10 Å². The number of rotatable bonds is 5. The SMILES string of the molecule is CC(C)CNCc1nnc(N2CC(=O)NC(=O)C2)o1. The standard InChI is InChI=1S/C11H17N5O3/c1-7(2)3-12-4-10-14-15-11(19-10)16-5-8(17)13-9(18)6-16/h7,12H,3-6H2,1-2H3,(H,13,17,18). The molecule has 1 aliphatic heterocycles. The van der Waals surface area contributed by atoms with Gasteiger partial charge in [-0.1, -0.05) is 18.9 Å². The van der Waals surface area contributed by atoms with E-state index in [0.29, 0.717) is 18.4 Å². The minimum Gasteiger partial charge on any atom is -0.407 e. The highest BCUT2D eigenvalue weighted by atomic mass is 16.4. The van der Waals surface area contributed by atoms with Crippen LogP contribution in [-0.2, 0) is 16.1 Å². The molecule has 1 fully saturated rings. The van der Waals surface area contributed by atoms with Crippen molar-refractivity contribution in [2.75, 3.05) is 24.5 Å². The van der Waals surface area contributed by atoms with Crippen molar-refractivity contribution in [3.63, 3.8) is 0 Å². The first-order valence-electron chi connectivity index (χ1n) is 6.15. The summed E-state index contributed by atoms with van der Waals surface area (Å²) < 4.78 is 5.41. The van der Waals surface area contributed by atoms with Crippen LogP contribution in [0.2, 0.25) is 0 Å². The third kappa shape index (κ3) is 3.75. The van der Waals surface area contributed by atoms with Crippen molar-refractivity contribution < 1.29 is 14.0 Å². The molecular weight excluding hydrogens is 250 g/mol. The predicted molar refractivity (Wildman–Crippen MR) is 66.2 cm³/mol. The predicted octanol–water partition coefficient (Wildman–Crippen LogP) is -0.722. The Labute approximate surface area is 110 Å². The first-order valence-corrected chi connectivity index (χ1v) is 6.15. The van der Waals surface area contributed by atoms with E-state index in [1.165, 1.54) is 4.90 Å². The van der Waals surface area contributed by atoms with Gasteiger partial charge >= 0.3 is 6.01 Å². The topological polar surface area (TPSA) is 100 Å². The molecule has 0 atom stereocenters. The number of anilines is 1. The molecule has 104 valence electrons. The van der Waals surface area contributed by atoms with Crippen LogP contribution in [0.5, 0.6) is 0 Å². The summed E-state index contributed by atoms with van der Waals surface area (Å²) in [5, 5.41) is 13.1. The monoisotopic (exact) mass is 267 g/mol. The van der Waals surface area contributed by atoms with Gasteiger partial charge in [0.2, 0.25) is 17.7 Å². The molecule has 1 aromatic rings. The van der Waals surface area contributed by atoms with Gasteiger partial charge in [-0.3, -0.25) is 14.9 Å². The molecule has 0 radical (unpaired) electrons. The van der Waals surface area contributed by atoms with Gasteiger partial charge in [0.25, 0.3) is 0 Å². The van der Waals surface area contributed by atoms with Gasteiger partial charge in [0, 0.05) is 0 Å². The molecule has 1 aliphatic rings. The second-order valence-electron chi connectivity index (χ2n) is 4.83. The molecule has 0 saturated carbocycles. The van der Waals surface area contributed by atoms with E-state index < -0.39 is 0 Å². The molecule has 2 heterocycles. The molecule has 0 aliphatic carbocycles. The molecule has 2 rings (SSSR count). The van der Waals surface area contributed by atoms with E-state index >= 15 is 0 Å². The fourth-order valence-electron chi connectivity index (χ4n) is 1.68. The quantitative estimate of drug-likeness (QED) is 0.679. The van der Waals surface area contributed by atoms with Crippen molar-refractivity contribution in [2.24, 2.45) is 5.92 Å². The number of nitrogens with zero attached hydrogens (tertiary/aromatic N) is 3. The van der Waals surface area contributed by atoms with Crippen LogP contribution in [-0.4, -0.2) is 41.6 Å². The minimum absolute atomic E-state index is 0.0484. The lowest BCUT2D eigenvalue weighted by Crippen LogP contribution is -2.51. The highest BCUT2D eigenvalue weighted by Crippen LogP contribution is 2.13. The highest BCUT2D eigenvalue weighted by Gasteiger charge is 2.26. The van der Waals surface area contributed by atoms with Gasteiger partial charge < -0.3 is 14.6 Å². The Morgan fingerprint density at radius 2 is 2.00 bits per heavy atom. The van der Waals surface area contributed by atoms with E-state index in [-0.39, 0.29) is 30.9 Å². The summed E-state index contributed by atoms with van der Waals surface area (Å²) in [6.45, 7) is 5.62. The summed E-state index contributed by atoms with van der Waals surface area (Å²) >= 11 is 0. The first kappa shape index (κ1) is 13.5. The Balaban J connectivity index is 1.92. The molecular formula is C11H17N5O3. The van der Waals surface area contributed by atoms with Crippen molar-refractivity contribution in [3.05, 3.63) is 5.89 Å². The number of carbonyl (C=O) groups excluding carboxylic acids is 2. The zero-order chi connectivity index (χ0) is 13.8. The minimum atomic E-state index is -0.367. The zero-order valence-electron chi connectivity index (χ0n) is 11.0. The lowest BCUT2D eigenvalue weighted by Gasteiger charge is -2.22. The molecule has 8 heteroatoms. The number of hydrogen-bond donors (Lipinski definition) is 2. The smallest absolute Gasteiger partial charge is 0.319 e. The molecule has 0 unspecified atom stereocenters. The number of carbonyl (C=O) groups is 2. The number of hydrogen-bond acceptors (Lipinski definition) is 7. The van der Waals surface area contributed by atoms with Crippen LogP contribution in [0.1, 0.15) is 19.7 Å². The van der Waals surface area contributed by atoms with Crippen LogP contribution in [0.15, 0.2) is 4.42 Å².